The van der Waals surface area contributed by atoms with E-state index in [1.165, 1.54) is 12.8 Å². The molecule has 84 valence electrons. The molecule has 0 atom stereocenters. The monoisotopic (exact) mass is 216 g/mol. The Hall–Kier alpha value is -1.64. The molecule has 1 aromatic carbocycles. The van der Waals surface area contributed by atoms with Crippen molar-refractivity contribution in [1.82, 2.24) is 0 Å². The Morgan fingerprint density at radius 3 is 2.56 bits per heavy atom. The average Bonchev–Trinajstić information content (AvgIpc) is 2.81. The van der Waals surface area contributed by atoms with Crippen molar-refractivity contribution >= 4 is 11.6 Å². The van der Waals surface area contributed by atoms with Crippen molar-refractivity contribution in [3.63, 3.8) is 0 Å². The molecule has 0 amide bonds. The Morgan fingerprint density at radius 2 is 1.88 bits per heavy atom. The zero-order valence-electron chi connectivity index (χ0n) is 9.28. The van der Waals surface area contributed by atoms with Gasteiger partial charge in [0.1, 0.15) is 0 Å². The second-order valence-electron chi connectivity index (χ2n) is 4.04. The summed E-state index contributed by atoms with van der Waals surface area (Å²) in [6.45, 7) is 0. The van der Waals surface area contributed by atoms with Crippen LogP contribution in [0.25, 0.3) is 0 Å². The van der Waals surface area contributed by atoms with Crippen molar-refractivity contribution in [2.75, 3.05) is 0 Å². The summed E-state index contributed by atoms with van der Waals surface area (Å²) in [5.74, 6) is 0.214. The molecule has 0 bridgehead atoms. The Balaban J connectivity index is 1.82. The molecule has 1 N–H and O–H groups in total. The van der Waals surface area contributed by atoms with Crippen LogP contribution >= 0.6 is 0 Å². The van der Waals surface area contributed by atoms with Gasteiger partial charge in [-0.3, -0.25) is 5.41 Å². The standard InChI is InChI=1S/C13H16N2O/c14-13(10-11-6-2-1-3-7-11)16-15-12-8-4-5-9-12/h1-3,6-7,14H,4-5,8-10H2. The van der Waals surface area contributed by atoms with E-state index in [-0.39, 0.29) is 5.90 Å². The van der Waals surface area contributed by atoms with Gasteiger partial charge in [0.15, 0.2) is 0 Å². The predicted octanol–water partition coefficient (Wildman–Crippen LogP) is 3.15. The van der Waals surface area contributed by atoms with Gasteiger partial charge in [0.25, 0.3) is 0 Å². The Kier molecular flexibility index (Phi) is 3.70. The molecule has 0 heterocycles. The minimum atomic E-state index is 0.214. The Labute approximate surface area is 95.6 Å². The third-order valence-electron chi connectivity index (χ3n) is 2.67. The zero-order valence-corrected chi connectivity index (χ0v) is 9.28. The maximum Gasteiger partial charge on any atom is 0.221 e. The van der Waals surface area contributed by atoms with Gasteiger partial charge in [0, 0.05) is 0 Å². The third kappa shape index (κ3) is 3.19. The molecule has 0 aromatic heterocycles. The van der Waals surface area contributed by atoms with Crippen molar-refractivity contribution in [3.05, 3.63) is 35.9 Å². The van der Waals surface area contributed by atoms with Crippen LogP contribution in [0.15, 0.2) is 35.5 Å². The molecular weight excluding hydrogens is 200 g/mol. The number of hydrogen-bond acceptors (Lipinski definition) is 3. The molecule has 0 unspecified atom stereocenters. The first kappa shape index (κ1) is 10.9. The zero-order chi connectivity index (χ0) is 11.2. The predicted molar refractivity (Wildman–Crippen MR) is 64.9 cm³/mol. The summed E-state index contributed by atoms with van der Waals surface area (Å²) in [4.78, 5) is 5.10. The quantitative estimate of drug-likeness (QED) is 0.471. The lowest BCUT2D eigenvalue weighted by Gasteiger charge is -2.02. The van der Waals surface area contributed by atoms with Crippen molar-refractivity contribution in [3.8, 4) is 0 Å². The second-order valence-corrected chi connectivity index (χ2v) is 4.04. The number of nitrogens with zero attached hydrogens (tertiary/aromatic N) is 1. The van der Waals surface area contributed by atoms with Crippen molar-refractivity contribution in [1.29, 1.82) is 5.41 Å². The molecule has 1 aliphatic carbocycles. The van der Waals surface area contributed by atoms with Crippen LogP contribution in [-0.4, -0.2) is 11.6 Å². The molecule has 2 rings (SSSR count). The van der Waals surface area contributed by atoms with E-state index in [4.69, 9.17) is 10.2 Å². The van der Waals surface area contributed by atoms with Crippen LogP contribution < -0.4 is 0 Å². The SMILES string of the molecule is N=C(Cc1ccccc1)ON=C1CCCC1. The van der Waals surface area contributed by atoms with E-state index in [9.17, 15) is 0 Å². The fourth-order valence-corrected chi connectivity index (χ4v) is 1.81. The number of benzene rings is 1. The number of hydrogen-bond donors (Lipinski definition) is 1. The van der Waals surface area contributed by atoms with Crippen LogP contribution in [0.5, 0.6) is 0 Å². The Bertz CT molecular complexity index is 376. The van der Waals surface area contributed by atoms with E-state index in [0.717, 1.165) is 24.1 Å². The highest BCUT2D eigenvalue weighted by molar-refractivity contribution is 5.86. The molecule has 0 radical (unpaired) electrons. The van der Waals surface area contributed by atoms with Gasteiger partial charge < -0.3 is 4.84 Å². The average molecular weight is 216 g/mol. The normalized spacial score (nSPS) is 14.9. The molecule has 16 heavy (non-hydrogen) atoms. The number of oxime groups is 1. The van der Waals surface area contributed by atoms with E-state index in [1.54, 1.807) is 0 Å². The summed E-state index contributed by atoms with van der Waals surface area (Å²) in [6.07, 6.45) is 4.97. The van der Waals surface area contributed by atoms with Crippen LogP contribution in [0.1, 0.15) is 31.2 Å². The lowest BCUT2D eigenvalue weighted by atomic mass is 10.1. The van der Waals surface area contributed by atoms with E-state index in [1.807, 2.05) is 30.3 Å². The molecule has 3 heteroatoms. The first-order chi connectivity index (χ1) is 7.84. The first-order valence-electron chi connectivity index (χ1n) is 5.69. The van der Waals surface area contributed by atoms with E-state index in [2.05, 4.69) is 5.16 Å². The molecule has 1 saturated carbocycles. The molecule has 3 nitrogen and oxygen atoms in total. The molecule has 0 saturated heterocycles. The van der Waals surface area contributed by atoms with Gasteiger partial charge in [0.05, 0.1) is 12.1 Å². The molecule has 0 aliphatic heterocycles. The smallest absolute Gasteiger partial charge is 0.221 e. The molecule has 1 fully saturated rings. The van der Waals surface area contributed by atoms with Crippen LogP contribution in [0.4, 0.5) is 0 Å². The second kappa shape index (κ2) is 5.45. The molecule has 0 spiro atoms. The van der Waals surface area contributed by atoms with Gasteiger partial charge in [0.2, 0.25) is 5.90 Å². The first-order valence-corrected chi connectivity index (χ1v) is 5.69. The van der Waals surface area contributed by atoms with Gasteiger partial charge in [-0.1, -0.05) is 35.5 Å². The summed E-state index contributed by atoms with van der Waals surface area (Å²) in [5, 5.41) is 11.7. The topological polar surface area (TPSA) is 45.4 Å². The lowest BCUT2D eigenvalue weighted by Crippen LogP contribution is -2.04. The maximum absolute atomic E-state index is 7.66. The third-order valence-corrected chi connectivity index (χ3v) is 2.67. The highest BCUT2D eigenvalue weighted by Gasteiger charge is 2.09. The summed E-state index contributed by atoms with van der Waals surface area (Å²) in [7, 11) is 0. The molecule has 1 aliphatic rings. The molecule has 1 aromatic rings. The van der Waals surface area contributed by atoms with Crippen molar-refractivity contribution in [2.24, 2.45) is 5.16 Å². The number of rotatable bonds is 3. The van der Waals surface area contributed by atoms with Gasteiger partial charge >= 0.3 is 0 Å². The highest BCUT2D eigenvalue weighted by atomic mass is 16.6. The minimum Gasteiger partial charge on any atom is -0.342 e. The largest absolute Gasteiger partial charge is 0.342 e. The Morgan fingerprint density at radius 1 is 1.19 bits per heavy atom. The van der Waals surface area contributed by atoms with Crippen molar-refractivity contribution in [2.45, 2.75) is 32.1 Å². The van der Waals surface area contributed by atoms with E-state index in [0.29, 0.717) is 6.42 Å². The van der Waals surface area contributed by atoms with Gasteiger partial charge in [-0.15, -0.1) is 0 Å². The summed E-state index contributed by atoms with van der Waals surface area (Å²) >= 11 is 0. The lowest BCUT2D eigenvalue weighted by molar-refractivity contribution is 0.315. The van der Waals surface area contributed by atoms with Crippen LogP contribution in [0.3, 0.4) is 0 Å². The van der Waals surface area contributed by atoms with E-state index >= 15 is 0 Å². The maximum atomic E-state index is 7.66. The number of nitrogens with one attached hydrogen (secondary N) is 1. The fourth-order valence-electron chi connectivity index (χ4n) is 1.81. The molecular formula is C13H16N2O. The summed E-state index contributed by atoms with van der Waals surface area (Å²) in [5.41, 5.74) is 2.18. The van der Waals surface area contributed by atoms with Gasteiger partial charge in [-0.25, -0.2) is 0 Å². The van der Waals surface area contributed by atoms with Crippen LogP contribution in [0, 0.1) is 5.41 Å². The highest BCUT2D eigenvalue weighted by Crippen LogP contribution is 2.14. The van der Waals surface area contributed by atoms with Gasteiger partial charge in [-0.2, -0.15) is 0 Å². The fraction of sp³-hybridized carbons (Fsp3) is 0.385. The summed E-state index contributed by atoms with van der Waals surface area (Å²) in [6, 6.07) is 9.87. The minimum absolute atomic E-state index is 0.214. The van der Waals surface area contributed by atoms with Gasteiger partial charge in [-0.05, 0) is 31.2 Å². The van der Waals surface area contributed by atoms with E-state index < -0.39 is 0 Å². The van der Waals surface area contributed by atoms with Crippen LogP contribution in [0.2, 0.25) is 0 Å². The summed E-state index contributed by atoms with van der Waals surface area (Å²) < 4.78 is 0. The van der Waals surface area contributed by atoms with Crippen LogP contribution in [-0.2, 0) is 11.3 Å². The van der Waals surface area contributed by atoms with Crippen molar-refractivity contribution < 1.29 is 4.84 Å².